The number of morpholine rings is 1. The Labute approximate surface area is 138 Å². The number of rotatable bonds is 5. The fraction of sp³-hybridized carbons (Fsp3) is 0.421. The molecule has 1 aromatic heterocycles. The van der Waals surface area contributed by atoms with Crippen LogP contribution < -0.4 is 0 Å². The van der Waals surface area contributed by atoms with Gasteiger partial charge in [0, 0.05) is 31.5 Å². The molecule has 0 unspecified atom stereocenters. The lowest BCUT2D eigenvalue weighted by atomic mass is 10.0. The predicted molar refractivity (Wildman–Crippen MR) is 92.0 cm³/mol. The Balaban J connectivity index is 1.54. The normalized spacial score (nSPS) is 19.0. The van der Waals surface area contributed by atoms with Crippen LogP contribution in [0.4, 0.5) is 0 Å². The van der Waals surface area contributed by atoms with E-state index < -0.39 is 0 Å². The Morgan fingerprint density at radius 3 is 2.87 bits per heavy atom. The average molecular weight is 312 g/mol. The summed E-state index contributed by atoms with van der Waals surface area (Å²) in [4.78, 5) is 6.75. The van der Waals surface area contributed by atoms with Crippen molar-refractivity contribution in [2.24, 2.45) is 0 Å². The summed E-state index contributed by atoms with van der Waals surface area (Å²) in [5, 5.41) is 0. The molecule has 23 heavy (non-hydrogen) atoms. The second-order valence-electron chi connectivity index (χ2n) is 5.86. The van der Waals surface area contributed by atoms with E-state index in [0.29, 0.717) is 6.61 Å². The van der Waals surface area contributed by atoms with E-state index >= 15 is 0 Å². The van der Waals surface area contributed by atoms with E-state index in [9.17, 15) is 0 Å². The second kappa shape index (κ2) is 8.09. The van der Waals surface area contributed by atoms with Crippen LogP contribution in [0.5, 0.6) is 0 Å². The zero-order chi connectivity index (χ0) is 15.9. The molecule has 4 heteroatoms. The van der Waals surface area contributed by atoms with Crippen LogP contribution in [-0.4, -0.2) is 49.3 Å². The fourth-order valence-electron chi connectivity index (χ4n) is 2.69. The van der Waals surface area contributed by atoms with Crippen molar-refractivity contribution >= 4 is 5.57 Å². The summed E-state index contributed by atoms with van der Waals surface area (Å²) in [7, 11) is 0. The van der Waals surface area contributed by atoms with Gasteiger partial charge in [-0.2, -0.15) is 0 Å². The minimum atomic E-state index is 0.714. The summed E-state index contributed by atoms with van der Waals surface area (Å²) in [5.74, 6) is 0.924. The third kappa shape index (κ3) is 4.78. The van der Waals surface area contributed by atoms with Gasteiger partial charge in [0.1, 0.15) is 12.4 Å². The molecule has 0 atom stereocenters. The standard InChI is InChI=1S/C19H24N2O2/c1-16-5-6-18(15-20-16)17-3-2-4-19(8-7-17)23-14-11-21-9-12-22-13-10-21/h2,4-8,15H,3,9-14H2,1H3. The molecule has 0 radical (unpaired) electrons. The van der Waals surface area contributed by atoms with E-state index in [2.05, 4.69) is 40.3 Å². The third-order valence-corrected chi connectivity index (χ3v) is 4.13. The molecule has 0 saturated carbocycles. The fourth-order valence-corrected chi connectivity index (χ4v) is 2.69. The zero-order valence-electron chi connectivity index (χ0n) is 13.7. The van der Waals surface area contributed by atoms with Gasteiger partial charge in [-0.15, -0.1) is 0 Å². The number of nitrogens with zero attached hydrogens (tertiary/aromatic N) is 2. The Kier molecular flexibility index (Phi) is 5.61. The first-order valence-electron chi connectivity index (χ1n) is 8.24. The number of aromatic nitrogens is 1. The predicted octanol–water partition coefficient (Wildman–Crippen LogP) is 2.97. The Morgan fingerprint density at radius 1 is 1.22 bits per heavy atom. The van der Waals surface area contributed by atoms with Crippen molar-refractivity contribution in [3.8, 4) is 0 Å². The maximum atomic E-state index is 5.90. The first-order valence-corrected chi connectivity index (χ1v) is 8.24. The highest BCUT2D eigenvalue weighted by Crippen LogP contribution is 2.22. The van der Waals surface area contributed by atoms with Crippen LogP contribution >= 0.6 is 0 Å². The Bertz CT molecular complexity index is 596. The lowest BCUT2D eigenvalue weighted by Gasteiger charge is -2.26. The largest absolute Gasteiger partial charge is 0.492 e. The number of allylic oxidation sites excluding steroid dienone is 5. The van der Waals surface area contributed by atoms with Crippen LogP contribution in [0.15, 0.2) is 48.4 Å². The lowest BCUT2D eigenvalue weighted by molar-refractivity contribution is 0.0281. The van der Waals surface area contributed by atoms with Gasteiger partial charge in [0.2, 0.25) is 0 Å². The van der Waals surface area contributed by atoms with Crippen LogP contribution in [-0.2, 0) is 9.47 Å². The van der Waals surface area contributed by atoms with E-state index in [1.807, 2.05) is 19.2 Å². The van der Waals surface area contributed by atoms with Crippen molar-refractivity contribution in [3.05, 3.63) is 59.7 Å². The van der Waals surface area contributed by atoms with Gasteiger partial charge in [-0.05, 0) is 42.7 Å². The van der Waals surface area contributed by atoms with Gasteiger partial charge < -0.3 is 9.47 Å². The summed E-state index contributed by atoms with van der Waals surface area (Å²) < 4.78 is 11.3. The van der Waals surface area contributed by atoms with Gasteiger partial charge in [-0.1, -0.05) is 18.2 Å². The molecule has 122 valence electrons. The highest BCUT2D eigenvalue weighted by Gasteiger charge is 2.10. The van der Waals surface area contributed by atoms with Crippen molar-refractivity contribution in [2.45, 2.75) is 13.3 Å². The van der Waals surface area contributed by atoms with E-state index in [4.69, 9.17) is 9.47 Å². The first-order chi connectivity index (χ1) is 11.3. The number of aryl methyl sites for hydroxylation is 1. The molecule has 0 aromatic carbocycles. The number of hydrogen-bond donors (Lipinski definition) is 0. The molecule has 4 nitrogen and oxygen atoms in total. The third-order valence-electron chi connectivity index (χ3n) is 4.13. The molecule has 1 fully saturated rings. The second-order valence-corrected chi connectivity index (χ2v) is 5.86. The van der Waals surface area contributed by atoms with Gasteiger partial charge in [0.15, 0.2) is 0 Å². The van der Waals surface area contributed by atoms with E-state index in [-0.39, 0.29) is 0 Å². The topological polar surface area (TPSA) is 34.6 Å². The molecule has 0 N–H and O–H groups in total. The van der Waals surface area contributed by atoms with E-state index in [0.717, 1.165) is 50.7 Å². The van der Waals surface area contributed by atoms with Gasteiger partial charge in [-0.3, -0.25) is 9.88 Å². The SMILES string of the molecule is Cc1ccc(C2=CC=C(OCCN3CCOCC3)C=CC2)cn1. The quantitative estimate of drug-likeness (QED) is 0.837. The minimum Gasteiger partial charge on any atom is -0.492 e. The molecule has 1 aromatic rings. The van der Waals surface area contributed by atoms with Gasteiger partial charge in [0.05, 0.1) is 13.2 Å². The monoisotopic (exact) mass is 312 g/mol. The first kappa shape index (κ1) is 16.0. The maximum absolute atomic E-state index is 5.90. The number of hydrogen-bond acceptors (Lipinski definition) is 4. The molecule has 2 aliphatic rings. The molecule has 3 rings (SSSR count). The van der Waals surface area contributed by atoms with Crippen LogP contribution in [0.2, 0.25) is 0 Å². The molecule has 1 aliphatic carbocycles. The van der Waals surface area contributed by atoms with Gasteiger partial charge in [-0.25, -0.2) is 0 Å². The lowest BCUT2D eigenvalue weighted by Crippen LogP contribution is -2.38. The molecule has 0 spiro atoms. The van der Waals surface area contributed by atoms with Gasteiger partial charge in [0.25, 0.3) is 0 Å². The van der Waals surface area contributed by atoms with Crippen LogP contribution in [0.3, 0.4) is 0 Å². The zero-order valence-corrected chi connectivity index (χ0v) is 13.7. The minimum absolute atomic E-state index is 0.714. The van der Waals surface area contributed by atoms with Crippen LogP contribution in [0.25, 0.3) is 5.57 Å². The molecule has 0 amide bonds. The summed E-state index contributed by atoms with van der Waals surface area (Å²) in [6.45, 7) is 7.34. The molecule has 2 heterocycles. The van der Waals surface area contributed by atoms with Crippen molar-refractivity contribution < 1.29 is 9.47 Å². The molecular formula is C19H24N2O2. The highest BCUT2D eigenvalue weighted by molar-refractivity contribution is 5.68. The molecule has 1 aliphatic heterocycles. The average Bonchev–Trinajstić information content (AvgIpc) is 2.82. The molecular weight excluding hydrogens is 288 g/mol. The Morgan fingerprint density at radius 2 is 2.09 bits per heavy atom. The maximum Gasteiger partial charge on any atom is 0.119 e. The van der Waals surface area contributed by atoms with Crippen LogP contribution in [0.1, 0.15) is 17.7 Å². The highest BCUT2D eigenvalue weighted by atomic mass is 16.5. The van der Waals surface area contributed by atoms with E-state index in [1.54, 1.807) is 0 Å². The summed E-state index contributed by atoms with van der Waals surface area (Å²) in [6, 6.07) is 4.17. The van der Waals surface area contributed by atoms with Crippen molar-refractivity contribution in [2.75, 3.05) is 39.5 Å². The molecule has 1 saturated heterocycles. The van der Waals surface area contributed by atoms with Crippen LogP contribution in [0, 0.1) is 6.92 Å². The summed E-state index contributed by atoms with van der Waals surface area (Å²) in [6.07, 6.45) is 11.2. The van der Waals surface area contributed by atoms with E-state index in [1.165, 1.54) is 11.1 Å². The smallest absolute Gasteiger partial charge is 0.119 e. The Hall–Kier alpha value is -1.91. The number of pyridine rings is 1. The summed E-state index contributed by atoms with van der Waals surface area (Å²) in [5.41, 5.74) is 3.48. The van der Waals surface area contributed by atoms with Crippen molar-refractivity contribution in [1.29, 1.82) is 0 Å². The van der Waals surface area contributed by atoms with Crippen molar-refractivity contribution in [1.82, 2.24) is 9.88 Å². The molecule has 0 bridgehead atoms. The van der Waals surface area contributed by atoms with Crippen molar-refractivity contribution in [3.63, 3.8) is 0 Å². The number of ether oxygens (including phenoxy) is 2. The summed E-state index contributed by atoms with van der Waals surface area (Å²) >= 11 is 0. The van der Waals surface area contributed by atoms with Gasteiger partial charge >= 0.3 is 0 Å².